The van der Waals surface area contributed by atoms with E-state index in [9.17, 15) is 9.90 Å². The number of aromatic nitrogens is 3. The van der Waals surface area contributed by atoms with Crippen LogP contribution in [0.5, 0.6) is 5.75 Å². The van der Waals surface area contributed by atoms with E-state index in [0.717, 1.165) is 61.1 Å². The molecule has 0 bridgehead atoms. The molecule has 0 saturated carbocycles. The van der Waals surface area contributed by atoms with Crippen LogP contribution in [0.3, 0.4) is 0 Å². The number of fused-ring (bicyclic) bond motifs is 3. The predicted molar refractivity (Wildman–Crippen MR) is 183 cm³/mol. The maximum absolute atomic E-state index is 13.0. The Bertz CT molecular complexity index is 2070. The fourth-order valence-electron chi connectivity index (χ4n) is 6.62. The number of carboxylic acid groups (broad SMARTS) is 1. The maximum atomic E-state index is 13.0. The van der Waals surface area contributed by atoms with Gasteiger partial charge in [-0.3, -0.25) is 4.68 Å². The van der Waals surface area contributed by atoms with Crippen LogP contribution in [0.1, 0.15) is 39.4 Å². The summed E-state index contributed by atoms with van der Waals surface area (Å²) in [6.45, 7) is 2.40. The number of benzene rings is 4. The second kappa shape index (κ2) is 13.7. The van der Waals surface area contributed by atoms with Gasteiger partial charge in [-0.1, -0.05) is 97.1 Å². The molecule has 0 spiro atoms. The summed E-state index contributed by atoms with van der Waals surface area (Å²) in [5.74, 6) is -0.117. The molecule has 47 heavy (non-hydrogen) atoms. The van der Waals surface area contributed by atoms with E-state index < -0.39 is 5.97 Å². The van der Waals surface area contributed by atoms with Crippen molar-refractivity contribution in [1.29, 1.82) is 0 Å². The van der Waals surface area contributed by atoms with Crippen LogP contribution in [0.2, 0.25) is 0 Å². The first-order valence-corrected chi connectivity index (χ1v) is 16.0. The van der Waals surface area contributed by atoms with Gasteiger partial charge in [-0.25, -0.2) is 4.79 Å². The summed E-state index contributed by atoms with van der Waals surface area (Å²) in [4.78, 5) is 13.0. The average molecular weight is 628 g/mol. The monoisotopic (exact) mass is 627 g/mol. The Hall–Kier alpha value is -5.18. The zero-order valence-corrected chi connectivity index (χ0v) is 26.4. The molecule has 8 heteroatoms. The molecule has 0 saturated heterocycles. The number of para-hydroxylation sites is 1. The zero-order chi connectivity index (χ0) is 32.2. The predicted octanol–water partition coefficient (Wildman–Crippen LogP) is 7.71. The quantitative estimate of drug-likeness (QED) is 0.124. The Morgan fingerprint density at radius 3 is 2.57 bits per heavy atom. The molecule has 7 rings (SSSR count). The number of allylic oxidation sites excluding steroid dienone is 1. The number of carboxylic acids is 1. The molecule has 4 aromatic carbocycles. The van der Waals surface area contributed by atoms with Crippen molar-refractivity contribution in [2.24, 2.45) is 7.05 Å². The van der Waals surface area contributed by atoms with Gasteiger partial charge in [-0.05, 0) is 35.4 Å². The smallest absolute Gasteiger partial charge is 0.352 e. The van der Waals surface area contributed by atoms with E-state index in [2.05, 4.69) is 24.3 Å². The van der Waals surface area contributed by atoms with E-state index in [-0.39, 0.29) is 0 Å². The lowest BCUT2D eigenvalue weighted by atomic mass is 9.98. The summed E-state index contributed by atoms with van der Waals surface area (Å²) >= 11 is 0. The van der Waals surface area contributed by atoms with Crippen LogP contribution in [0.15, 0.2) is 103 Å². The molecule has 0 atom stereocenters. The normalized spacial score (nSPS) is 13.0. The second-order valence-corrected chi connectivity index (χ2v) is 11.7. The number of aromatic carboxylic acids is 1. The number of hydrogen-bond donors (Lipinski definition) is 1. The average Bonchev–Trinajstić information content (AvgIpc) is 3.57. The van der Waals surface area contributed by atoms with Crippen molar-refractivity contribution >= 4 is 27.6 Å². The summed E-state index contributed by atoms with van der Waals surface area (Å²) in [5, 5.41) is 18.6. The van der Waals surface area contributed by atoms with E-state index >= 15 is 0 Å². The molecular formula is C39H37N3O5. The van der Waals surface area contributed by atoms with Crippen LogP contribution < -0.4 is 4.74 Å². The van der Waals surface area contributed by atoms with Crippen LogP contribution >= 0.6 is 0 Å². The van der Waals surface area contributed by atoms with E-state index in [1.165, 1.54) is 0 Å². The molecule has 6 aromatic rings. The van der Waals surface area contributed by atoms with Crippen LogP contribution in [0.4, 0.5) is 0 Å². The second-order valence-electron chi connectivity index (χ2n) is 11.7. The van der Waals surface area contributed by atoms with Gasteiger partial charge in [-0.2, -0.15) is 5.10 Å². The van der Waals surface area contributed by atoms with Crippen LogP contribution in [0, 0.1) is 0 Å². The van der Waals surface area contributed by atoms with E-state index in [1.807, 2.05) is 95.2 Å². The van der Waals surface area contributed by atoms with Gasteiger partial charge in [0, 0.05) is 35.5 Å². The molecule has 0 aliphatic carbocycles. The molecule has 8 nitrogen and oxygen atoms in total. The summed E-state index contributed by atoms with van der Waals surface area (Å²) in [7, 11) is 1.92. The van der Waals surface area contributed by atoms with Crippen molar-refractivity contribution in [3.63, 3.8) is 0 Å². The molecule has 0 radical (unpaired) electrons. The van der Waals surface area contributed by atoms with Gasteiger partial charge < -0.3 is 23.9 Å². The lowest BCUT2D eigenvalue weighted by Crippen LogP contribution is -2.11. The lowest BCUT2D eigenvalue weighted by Gasteiger charge is -2.12. The summed E-state index contributed by atoms with van der Waals surface area (Å²) in [5.41, 5.74) is 6.62. The number of aryl methyl sites for hydroxylation is 2. The third-order valence-electron chi connectivity index (χ3n) is 8.73. The molecule has 0 unspecified atom stereocenters. The highest BCUT2D eigenvalue weighted by atomic mass is 16.5. The van der Waals surface area contributed by atoms with Crippen molar-refractivity contribution in [3.8, 4) is 16.9 Å². The third-order valence-corrected chi connectivity index (χ3v) is 8.73. The molecule has 3 heterocycles. The maximum Gasteiger partial charge on any atom is 0.352 e. The molecule has 1 N–H and O–H groups in total. The minimum Gasteiger partial charge on any atom is -0.493 e. The van der Waals surface area contributed by atoms with Gasteiger partial charge in [-0.15, -0.1) is 0 Å². The van der Waals surface area contributed by atoms with Crippen molar-refractivity contribution in [2.75, 3.05) is 13.2 Å². The number of rotatable bonds is 10. The van der Waals surface area contributed by atoms with Gasteiger partial charge in [0.1, 0.15) is 11.4 Å². The SMILES string of the molecule is Cn1nc(COCc2ccccc2)c2c1COCC=CCn1c(C(=O)O)c(CCCOc3cccc4ccccc34)c3cccc-2c31. The summed E-state index contributed by atoms with van der Waals surface area (Å²) in [6.07, 6.45) is 5.14. The Labute approximate surface area is 273 Å². The number of carbonyl (C=O) groups is 1. The third kappa shape index (κ3) is 6.17. The summed E-state index contributed by atoms with van der Waals surface area (Å²) in [6, 6.07) is 30.4. The first kappa shape index (κ1) is 30.5. The highest BCUT2D eigenvalue weighted by Crippen LogP contribution is 2.39. The van der Waals surface area contributed by atoms with Crippen molar-refractivity contribution in [2.45, 2.75) is 39.2 Å². The van der Waals surface area contributed by atoms with Crippen molar-refractivity contribution < 1.29 is 24.1 Å². The fourth-order valence-corrected chi connectivity index (χ4v) is 6.62. The summed E-state index contributed by atoms with van der Waals surface area (Å²) < 4.78 is 22.2. The molecule has 0 amide bonds. The Kier molecular flexibility index (Phi) is 8.86. The molecule has 238 valence electrons. The highest BCUT2D eigenvalue weighted by Gasteiger charge is 2.27. The molecular weight excluding hydrogens is 590 g/mol. The van der Waals surface area contributed by atoms with Crippen molar-refractivity contribution in [1.82, 2.24) is 14.3 Å². The largest absolute Gasteiger partial charge is 0.493 e. The first-order chi connectivity index (χ1) is 23.1. The van der Waals surface area contributed by atoms with Crippen molar-refractivity contribution in [3.05, 3.63) is 131 Å². The first-order valence-electron chi connectivity index (χ1n) is 16.0. The van der Waals surface area contributed by atoms with E-state index in [1.54, 1.807) is 0 Å². The highest BCUT2D eigenvalue weighted by molar-refractivity contribution is 6.04. The van der Waals surface area contributed by atoms with Gasteiger partial charge in [0.2, 0.25) is 0 Å². The molecule has 1 aliphatic heterocycles. The zero-order valence-electron chi connectivity index (χ0n) is 26.4. The van der Waals surface area contributed by atoms with Crippen LogP contribution in [0.25, 0.3) is 32.8 Å². The number of hydrogen-bond acceptors (Lipinski definition) is 5. The van der Waals surface area contributed by atoms with Gasteiger partial charge >= 0.3 is 5.97 Å². The van der Waals surface area contributed by atoms with E-state index in [0.29, 0.717) is 58.1 Å². The standard InChI is InChI=1S/C39H37N3O5/c1-41-34-26-45-22-8-7-21-42-37-30(17-10-18-32(37)36(34)33(40-41)25-46-24-27-12-3-2-4-13-27)31(38(42)39(43)44)19-11-23-47-35-20-9-15-28-14-5-6-16-29(28)35/h2-10,12-18,20H,11,19,21-26H2,1H3,(H,43,44). The number of ether oxygens (including phenoxy) is 3. The molecule has 0 fully saturated rings. The van der Waals surface area contributed by atoms with Crippen LogP contribution in [-0.2, 0) is 49.3 Å². The minimum absolute atomic E-state index is 0.301. The fraction of sp³-hybridized carbons (Fsp3) is 0.231. The Balaban J connectivity index is 1.26. The Morgan fingerprint density at radius 2 is 1.70 bits per heavy atom. The van der Waals surface area contributed by atoms with Gasteiger partial charge in [0.25, 0.3) is 0 Å². The minimum atomic E-state index is -0.950. The number of nitrogens with zero attached hydrogens (tertiary/aromatic N) is 3. The lowest BCUT2D eigenvalue weighted by molar-refractivity contribution is 0.0685. The molecule has 2 aromatic heterocycles. The van der Waals surface area contributed by atoms with Gasteiger partial charge in [0.05, 0.1) is 49.9 Å². The van der Waals surface area contributed by atoms with E-state index in [4.69, 9.17) is 19.3 Å². The Morgan fingerprint density at radius 1 is 0.915 bits per heavy atom. The molecule has 1 aliphatic rings. The van der Waals surface area contributed by atoms with Crippen LogP contribution in [-0.4, -0.2) is 38.6 Å². The van der Waals surface area contributed by atoms with Gasteiger partial charge in [0.15, 0.2) is 0 Å². The topological polar surface area (TPSA) is 87.7 Å².